The fourth-order valence-electron chi connectivity index (χ4n) is 2.66. The predicted molar refractivity (Wildman–Crippen MR) is 82.8 cm³/mol. The molecule has 1 aromatic rings. The Morgan fingerprint density at radius 3 is 2.64 bits per heavy atom. The lowest BCUT2D eigenvalue weighted by atomic mass is 9.86. The zero-order valence-corrected chi connectivity index (χ0v) is 13.6. The van der Waals surface area contributed by atoms with Gasteiger partial charge in [0.15, 0.2) is 0 Å². The molecule has 1 aromatic carbocycles. The van der Waals surface area contributed by atoms with Gasteiger partial charge in [-0.05, 0) is 63.3 Å². The number of carbonyl (C=O) groups excluding carboxylic acids is 2. The van der Waals surface area contributed by atoms with Crippen molar-refractivity contribution in [2.75, 3.05) is 7.11 Å². The summed E-state index contributed by atoms with van der Waals surface area (Å²) in [7, 11) is 1.37. The molecule has 5 heteroatoms. The molecule has 0 fully saturated rings. The van der Waals surface area contributed by atoms with Crippen molar-refractivity contribution in [3.05, 3.63) is 34.9 Å². The quantitative estimate of drug-likeness (QED) is 0.851. The van der Waals surface area contributed by atoms with Crippen LogP contribution in [-0.4, -0.2) is 24.8 Å². The normalized spacial score (nSPS) is 17.4. The molecular weight excluding hydrogens is 282 g/mol. The number of alkyl carbamates (subject to hydrolysis) is 1. The van der Waals surface area contributed by atoms with Gasteiger partial charge in [-0.1, -0.05) is 6.07 Å². The average molecular weight is 305 g/mol. The Bertz CT molecular complexity index is 575. The third-order valence-corrected chi connectivity index (χ3v) is 3.57. The first-order chi connectivity index (χ1) is 10.3. The number of esters is 1. The van der Waals surface area contributed by atoms with E-state index in [9.17, 15) is 9.59 Å². The monoisotopic (exact) mass is 305 g/mol. The Morgan fingerprint density at radius 1 is 1.27 bits per heavy atom. The zero-order chi connectivity index (χ0) is 16.3. The van der Waals surface area contributed by atoms with Gasteiger partial charge >= 0.3 is 12.1 Å². The van der Waals surface area contributed by atoms with E-state index in [-0.39, 0.29) is 12.0 Å². The van der Waals surface area contributed by atoms with E-state index in [1.165, 1.54) is 7.11 Å². The van der Waals surface area contributed by atoms with E-state index in [4.69, 9.17) is 9.47 Å². The van der Waals surface area contributed by atoms with Crippen LogP contribution in [0.5, 0.6) is 0 Å². The van der Waals surface area contributed by atoms with Gasteiger partial charge in [0.2, 0.25) is 0 Å². The number of carbonyl (C=O) groups is 2. The van der Waals surface area contributed by atoms with E-state index in [2.05, 4.69) is 5.32 Å². The van der Waals surface area contributed by atoms with E-state index in [0.717, 1.165) is 30.4 Å². The van der Waals surface area contributed by atoms with Crippen LogP contribution in [0, 0.1) is 0 Å². The molecule has 120 valence electrons. The summed E-state index contributed by atoms with van der Waals surface area (Å²) in [6.07, 6.45) is 2.30. The number of hydrogen-bond acceptors (Lipinski definition) is 4. The van der Waals surface area contributed by atoms with Crippen LogP contribution in [0.1, 0.15) is 61.1 Å². The van der Waals surface area contributed by atoms with Crippen molar-refractivity contribution >= 4 is 12.1 Å². The molecule has 0 heterocycles. The van der Waals surface area contributed by atoms with Crippen molar-refractivity contribution in [2.45, 2.75) is 51.7 Å². The van der Waals surface area contributed by atoms with Crippen molar-refractivity contribution in [1.82, 2.24) is 5.32 Å². The van der Waals surface area contributed by atoms with Crippen molar-refractivity contribution in [1.29, 1.82) is 0 Å². The summed E-state index contributed by atoms with van der Waals surface area (Å²) in [5, 5.41) is 2.92. The molecular formula is C17H23NO4. The van der Waals surface area contributed by atoms with E-state index in [0.29, 0.717) is 5.56 Å². The largest absolute Gasteiger partial charge is 0.465 e. The first-order valence-corrected chi connectivity index (χ1v) is 7.51. The highest BCUT2D eigenvalue weighted by Gasteiger charge is 2.25. The SMILES string of the molecule is COC(=O)c1ccc2c(c1)CCCC2NC(=O)OC(C)(C)C. The molecule has 0 bridgehead atoms. The van der Waals surface area contributed by atoms with Gasteiger partial charge in [-0.2, -0.15) is 0 Å². The van der Waals surface area contributed by atoms with Crippen LogP contribution < -0.4 is 5.32 Å². The molecule has 1 N–H and O–H groups in total. The predicted octanol–water partition coefficient (Wildman–Crippen LogP) is 3.38. The molecule has 1 aliphatic carbocycles. The Labute approximate surface area is 131 Å². The van der Waals surface area contributed by atoms with Crippen LogP contribution in [0.15, 0.2) is 18.2 Å². The number of nitrogens with one attached hydrogen (secondary N) is 1. The molecule has 1 atom stereocenters. The fourth-order valence-corrected chi connectivity index (χ4v) is 2.66. The van der Waals surface area contributed by atoms with E-state index in [1.807, 2.05) is 32.9 Å². The van der Waals surface area contributed by atoms with Crippen molar-refractivity contribution in [2.24, 2.45) is 0 Å². The second-order valence-corrected chi connectivity index (χ2v) is 6.50. The zero-order valence-electron chi connectivity index (χ0n) is 13.6. The highest BCUT2D eigenvalue weighted by molar-refractivity contribution is 5.89. The highest BCUT2D eigenvalue weighted by atomic mass is 16.6. The second kappa shape index (κ2) is 6.38. The van der Waals surface area contributed by atoms with Crippen LogP contribution in [0.4, 0.5) is 4.79 Å². The third kappa shape index (κ3) is 4.00. The first kappa shape index (κ1) is 16.3. The summed E-state index contributed by atoms with van der Waals surface area (Å²) < 4.78 is 10.1. The maximum absolute atomic E-state index is 12.0. The maximum atomic E-state index is 12.0. The summed E-state index contributed by atoms with van der Waals surface area (Å²) >= 11 is 0. The van der Waals surface area contributed by atoms with Gasteiger partial charge in [0, 0.05) is 0 Å². The summed E-state index contributed by atoms with van der Waals surface area (Å²) in [4.78, 5) is 23.6. The van der Waals surface area contributed by atoms with Gasteiger partial charge in [-0.25, -0.2) is 9.59 Å². The molecule has 1 amide bonds. The van der Waals surface area contributed by atoms with Crippen LogP contribution in [-0.2, 0) is 15.9 Å². The smallest absolute Gasteiger partial charge is 0.408 e. The number of aryl methyl sites for hydroxylation is 1. The lowest BCUT2D eigenvalue weighted by Gasteiger charge is -2.28. The minimum Gasteiger partial charge on any atom is -0.465 e. The number of hydrogen-bond donors (Lipinski definition) is 1. The minimum atomic E-state index is -0.518. The second-order valence-electron chi connectivity index (χ2n) is 6.50. The molecule has 0 aromatic heterocycles. The molecule has 2 rings (SSSR count). The maximum Gasteiger partial charge on any atom is 0.408 e. The number of benzene rings is 1. The van der Waals surface area contributed by atoms with Gasteiger partial charge in [0.1, 0.15) is 5.60 Å². The molecule has 5 nitrogen and oxygen atoms in total. The summed E-state index contributed by atoms with van der Waals surface area (Å²) in [6.45, 7) is 5.51. The molecule has 0 radical (unpaired) electrons. The van der Waals surface area contributed by atoms with Crippen LogP contribution in [0.2, 0.25) is 0 Å². The van der Waals surface area contributed by atoms with Gasteiger partial charge in [-0.15, -0.1) is 0 Å². The van der Waals surface area contributed by atoms with Gasteiger partial charge in [0.05, 0.1) is 18.7 Å². The Kier molecular flexibility index (Phi) is 4.74. The number of methoxy groups -OCH3 is 1. The third-order valence-electron chi connectivity index (χ3n) is 3.57. The van der Waals surface area contributed by atoms with Gasteiger partial charge in [-0.3, -0.25) is 0 Å². The lowest BCUT2D eigenvalue weighted by Crippen LogP contribution is -2.36. The Hall–Kier alpha value is -2.04. The summed E-state index contributed by atoms with van der Waals surface area (Å²) in [5.41, 5.74) is 2.15. The van der Waals surface area contributed by atoms with Crippen LogP contribution >= 0.6 is 0 Å². The van der Waals surface area contributed by atoms with Gasteiger partial charge < -0.3 is 14.8 Å². The van der Waals surface area contributed by atoms with Crippen molar-refractivity contribution in [3.63, 3.8) is 0 Å². The van der Waals surface area contributed by atoms with Gasteiger partial charge in [0.25, 0.3) is 0 Å². The molecule has 1 aliphatic rings. The average Bonchev–Trinajstić information content (AvgIpc) is 2.44. The standard InChI is InChI=1S/C17H23NO4/c1-17(2,3)22-16(20)18-14-7-5-6-11-10-12(15(19)21-4)8-9-13(11)14/h8-10,14H,5-7H2,1-4H3,(H,18,20). The molecule has 1 unspecified atom stereocenters. The van der Waals surface area contributed by atoms with E-state index >= 15 is 0 Å². The molecule has 0 spiro atoms. The lowest BCUT2D eigenvalue weighted by molar-refractivity contribution is 0.0497. The number of fused-ring (bicyclic) bond motifs is 1. The first-order valence-electron chi connectivity index (χ1n) is 7.51. The Morgan fingerprint density at radius 2 is 2.00 bits per heavy atom. The molecule has 0 saturated carbocycles. The molecule has 0 aliphatic heterocycles. The van der Waals surface area contributed by atoms with E-state index < -0.39 is 11.7 Å². The molecule has 22 heavy (non-hydrogen) atoms. The van der Waals surface area contributed by atoms with Crippen LogP contribution in [0.3, 0.4) is 0 Å². The summed E-state index contributed by atoms with van der Waals surface area (Å²) in [6, 6.07) is 5.40. The number of ether oxygens (including phenoxy) is 2. The van der Waals surface area contributed by atoms with E-state index in [1.54, 1.807) is 6.07 Å². The molecule has 0 saturated heterocycles. The summed E-state index contributed by atoms with van der Waals surface area (Å²) in [5.74, 6) is -0.343. The number of amides is 1. The minimum absolute atomic E-state index is 0.0784. The van der Waals surface area contributed by atoms with Crippen molar-refractivity contribution in [3.8, 4) is 0 Å². The Balaban J connectivity index is 2.15. The van der Waals surface area contributed by atoms with Crippen LogP contribution in [0.25, 0.3) is 0 Å². The topological polar surface area (TPSA) is 64.6 Å². The fraction of sp³-hybridized carbons (Fsp3) is 0.529. The highest BCUT2D eigenvalue weighted by Crippen LogP contribution is 2.30. The number of rotatable bonds is 2. The van der Waals surface area contributed by atoms with Crippen molar-refractivity contribution < 1.29 is 19.1 Å².